The van der Waals surface area contributed by atoms with Gasteiger partial charge in [0.1, 0.15) is 6.04 Å². The maximum atomic E-state index is 13.0. The van der Waals surface area contributed by atoms with E-state index in [-0.39, 0.29) is 5.91 Å². The van der Waals surface area contributed by atoms with Crippen LogP contribution < -0.4 is 11.1 Å². The Morgan fingerprint density at radius 3 is 2.30 bits per heavy atom. The van der Waals surface area contributed by atoms with Gasteiger partial charge in [0.2, 0.25) is 5.91 Å². The summed E-state index contributed by atoms with van der Waals surface area (Å²) < 4.78 is 2.05. The van der Waals surface area contributed by atoms with E-state index in [0.29, 0.717) is 12.1 Å². The molecule has 1 atom stereocenters. The van der Waals surface area contributed by atoms with Crippen LogP contribution in [0.2, 0.25) is 0 Å². The molecule has 27 heavy (non-hydrogen) atoms. The molecule has 0 saturated carbocycles. The zero-order valence-electron chi connectivity index (χ0n) is 15.9. The van der Waals surface area contributed by atoms with E-state index in [4.69, 9.17) is 5.73 Å². The van der Waals surface area contributed by atoms with Crippen molar-refractivity contribution < 1.29 is 9.59 Å². The number of aromatic nitrogens is 1. The number of amides is 2. The number of hydrogen-bond acceptors (Lipinski definition) is 2. The maximum Gasteiger partial charge on any atom is 0.254 e. The zero-order chi connectivity index (χ0) is 19.6. The number of benzene rings is 2. The summed E-state index contributed by atoms with van der Waals surface area (Å²) >= 11 is 0. The second-order valence-corrected chi connectivity index (χ2v) is 7.85. The summed E-state index contributed by atoms with van der Waals surface area (Å²) in [5.41, 5.74) is 7.70. The van der Waals surface area contributed by atoms with Gasteiger partial charge >= 0.3 is 0 Å². The number of rotatable bonds is 5. The highest BCUT2D eigenvalue weighted by Gasteiger charge is 2.32. The highest BCUT2D eigenvalue weighted by molar-refractivity contribution is 6.08. The Kier molecular flexibility index (Phi) is 5.04. The Morgan fingerprint density at radius 1 is 1.04 bits per heavy atom. The summed E-state index contributed by atoms with van der Waals surface area (Å²) in [5.74, 6) is -0.833. The lowest BCUT2D eigenvalue weighted by atomic mass is 9.86. The number of hydrogen-bond donors (Lipinski definition) is 2. The van der Waals surface area contributed by atoms with Crippen molar-refractivity contribution in [2.75, 3.05) is 0 Å². The van der Waals surface area contributed by atoms with Gasteiger partial charge in [0.15, 0.2) is 0 Å². The smallest absolute Gasteiger partial charge is 0.254 e. The molecule has 0 saturated heterocycles. The van der Waals surface area contributed by atoms with Crippen LogP contribution in [0, 0.1) is 5.41 Å². The molecule has 5 nitrogen and oxygen atoms in total. The number of primary amides is 1. The number of para-hydroxylation sites is 1. The second kappa shape index (κ2) is 7.27. The van der Waals surface area contributed by atoms with E-state index in [9.17, 15) is 9.59 Å². The predicted molar refractivity (Wildman–Crippen MR) is 107 cm³/mol. The van der Waals surface area contributed by atoms with Crippen LogP contribution >= 0.6 is 0 Å². The predicted octanol–water partition coefficient (Wildman–Crippen LogP) is 3.32. The molecule has 0 aliphatic carbocycles. The largest absolute Gasteiger partial charge is 0.368 e. The summed E-state index contributed by atoms with van der Waals surface area (Å²) in [5, 5.41) is 3.67. The highest BCUT2D eigenvalue weighted by Crippen LogP contribution is 2.24. The lowest BCUT2D eigenvalue weighted by molar-refractivity contribution is -0.122. The van der Waals surface area contributed by atoms with Gasteiger partial charge in [-0.05, 0) is 17.0 Å². The standard InChI is InChI=1S/C22H25N3O2/c1-22(2,3)19(20(23)26)24-21(27)17-14-25(13-15-9-5-4-6-10-15)18-12-8-7-11-16(17)18/h4-12,14,19H,13H2,1-3H3,(H2,23,26)(H,24,27)/t19-/m0/s1. The van der Waals surface area contributed by atoms with Gasteiger partial charge in [-0.3, -0.25) is 9.59 Å². The maximum absolute atomic E-state index is 13.0. The molecule has 1 aromatic heterocycles. The molecule has 2 amide bonds. The number of carbonyl (C=O) groups is 2. The van der Waals surface area contributed by atoms with E-state index in [0.717, 1.165) is 16.5 Å². The fourth-order valence-corrected chi connectivity index (χ4v) is 3.26. The minimum Gasteiger partial charge on any atom is -0.368 e. The minimum absolute atomic E-state index is 0.295. The third kappa shape index (κ3) is 4.03. The molecule has 2 aromatic carbocycles. The van der Waals surface area contributed by atoms with Crippen LogP contribution in [-0.4, -0.2) is 22.4 Å². The molecule has 0 aliphatic heterocycles. The molecule has 3 rings (SSSR count). The van der Waals surface area contributed by atoms with Gasteiger partial charge in [0.05, 0.1) is 5.56 Å². The zero-order valence-corrected chi connectivity index (χ0v) is 15.9. The van der Waals surface area contributed by atoms with Gasteiger partial charge in [-0.1, -0.05) is 69.3 Å². The second-order valence-electron chi connectivity index (χ2n) is 7.85. The lowest BCUT2D eigenvalue weighted by Gasteiger charge is -2.28. The third-order valence-electron chi connectivity index (χ3n) is 4.65. The van der Waals surface area contributed by atoms with Crippen molar-refractivity contribution in [2.24, 2.45) is 11.1 Å². The van der Waals surface area contributed by atoms with Crippen LogP contribution in [0.25, 0.3) is 10.9 Å². The number of nitrogens with one attached hydrogen (secondary N) is 1. The third-order valence-corrected chi connectivity index (χ3v) is 4.65. The van der Waals surface area contributed by atoms with E-state index in [1.165, 1.54) is 0 Å². The average Bonchev–Trinajstić information content (AvgIpc) is 2.98. The molecular weight excluding hydrogens is 338 g/mol. The van der Waals surface area contributed by atoms with Crippen LogP contribution in [0.5, 0.6) is 0 Å². The Hall–Kier alpha value is -3.08. The van der Waals surface area contributed by atoms with Gasteiger partial charge in [-0.15, -0.1) is 0 Å². The summed E-state index contributed by atoms with van der Waals surface area (Å²) in [6, 6.07) is 17.1. The summed E-state index contributed by atoms with van der Waals surface area (Å²) in [4.78, 5) is 24.8. The normalized spacial score (nSPS) is 12.7. The molecule has 5 heteroatoms. The first-order valence-electron chi connectivity index (χ1n) is 8.99. The fourth-order valence-electron chi connectivity index (χ4n) is 3.26. The minimum atomic E-state index is -0.749. The van der Waals surface area contributed by atoms with Crippen molar-refractivity contribution in [1.29, 1.82) is 0 Å². The quantitative estimate of drug-likeness (QED) is 0.729. The van der Waals surface area contributed by atoms with Crippen LogP contribution in [0.4, 0.5) is 0 Å². The molecule has 0 spiro atoms. The summed E-state index contributed by atoms with van der Waals surface area (Å²) in [6.07, 6.45) is 1.84. The Balaban J connectivity index is 1.97. The van der Waals surface area contributed by atoms with Crippen LogP contribution in [0.3, 0.4) is 0 Å². The van der Waals surface area contributed by atoms with E-state index in [1.54, 1.807) is 0 Å². The molecule has 3 N–H and O–H groups in total. The monoisotopic (exact) mass is 363 g/mol. The van der Waals surface area contributed by atoms with Gasteiger partial charge in [0, 0.05) is 23.6 Å². The van der Waals surface area contributed by atoms with Gasteiger partial charge in [-0.2, -0.15) is 0 Å². The molecule has 140 valence electrons. The van der Waals surface area contributed by atoms with Gasteiger partial charge < -0.3 is 15.6 Å². The topological polar surface area (TPSA) is 77.1 Å². The number of nitrogens with zero attached hydrogens (tertiary/aromatic N) is 1. The van der Waals surface area contributed by atoms with Crippen molar-refractivity contribution in [3.63, 3.8) is 0 Å². The van der Waals surface area contributed by atoms with E-state index in [1.807, 2.05) is 69.4 Å². The van der Waals surface area contributed by atoms with Crippen molar-refractivity contribution in [2.45, 2.75) is 33.4 Å². The van der Waals surface area contributed by atoms with Crippen molar-refractivity contribution >= 4 is 22.7 Å². The highest BCUT2D eigenvalue weighted by atomic mass is 16.2. The van der Waals surface area contributed by atoms with Crippen LogP contribution in [0.1, 0.15) is 36.7 Å². The van der Waals surface area contributed by atoms with Gasteiger partial charge in [0.25, 0.3) is 5.91 Å². The molecule has 0 unspecified atom stereocenters. The molecular formula is C22H25N3O2. The van der Waals surface area contributed by atoms with Crippen molar-refractivity contribution in [3.8, 4) is 0 Å². The van der Waals surface area contributed by atoms with Crippen LogP contribution in [0.15, 0.2) is 60.8 Å². The number of nitrogens with two attached hydrogens (primary N) is 1. The molecule has 0 radical (unpaired) electrons. The molecule has 0 fully saturated rings. The molecule has 1 heterocycles. The summed E-state index contributed by atoms with van der Waals surface area (Å²) in [6.45, 7) is 6.29. The number of carbonyl (C=O) groups excluding carboxylic acids is 2. The first-order valence-corrected chi connectivity index (χ1v) is 8.99. The number of fused-ring (bicyclic) bond motifs is 1. The average molecular weight is 363 g/mol. The first kappa shape index (κ1) is 18.7. The SMILES string of the molecule is CC(C)(C)[C@@H](NC(=O)c1cn(Cc2ccccc2)c2ccccc12)C(N)=O. The van der Waals surface area contributed by atoms with E-state index >= 15 is 0 Å². The van der Waals surface area contributed by atoms with E-state index < -0.39 is 17.4 Å². The fraction of sp³-hybridized carbons (Fsp3) is 0.273. The first-order chi connectivity index (χ1) is 12.8. The lowest BCUT2D eigenvalue weighted by Crippen LogP contribution is -2.52. The van der Waals surface area contributed by atoms with Crippen molar-refractivity contribution in [1.82, 2.24) is 9.88 Å². The molecule has 0 bridgehead atoms. The molecule has 3 aromatic rings. The Labute approximate surface area is 159 Å². The van der Waals surface area contributed by atoms with Crippen LogP contribution in [-0.2, 0) is 11.3 Å². The van der Waals surface area contributed by atoms with Gasteiger partial charge in [-0.25, -0.2) is 0 Å². The molecule has 0 aliphatic rings. The Morgan fingerprint density at radius 2 is 1.67 bits per heavy atom. The summed E-state index contributed by atoms with van der Waals surface area (Å²) in [7, 11) is 0. The van der Waals surface area contributed by atoms with E-state index in [2.05, 4.69) is 22.0 Å². The Bertz CT molecular complexity index is 968. The van der Waals surface area contributed by atoms with Crippen molar-refractivity contribution in [3.05, 3.63) is 71.9 Å².